The molecular formula is C19H23N3O4S2. The van der Waals surface area contributed by atoms with Gasteiger partial charge in [-0.1, -0.05) is 17.8 Å². The van der Waals surface area contributed by atoms with Crippen molar-refractivity contribution >= 4 is 27.5 Å². The molecule has 1 aromatic heterocycles. The second-order valence-electron chi connectivity index (χ2n) is 7.55. The highest BCUT2D eigenvalue weighted by atomic mass is 32.2. The summed E-state index contributed by atoms with van der Waals surface area (Å²) in [6.07, 6.45) is 2.43. The van der Waals surface area contributed by atoms with Gasteiger partial charge in [-0.2, -0.15) is 0 Å². The number of rotatable bonds is 6. The topological polar surface area (TPSA) is 93.4 Å². The summed E-state index contributed by atoms with van der Waals surface area (Å²) in [5.74, 6) is 0.794. The van der Waals surface area contributed by atoms with Crippen molar-refractivity contribution < 1.29 is 17.6 Å². The lowest BCUT2D eigenvalue weighted by Gasteiger charge is -2.28. The number of carbonyl (C=O) groups is 1. The number of thioether (sulfide) groups is 1. The Kier molecular flexibility index (Phi) is 5.22. The van der Waals surface area contributed by atoms with Crippen molar-refractivity contribution in [3.05, 3.63) is 29.3 Å². The number of sulfone groups is 1. The number of aromatic nitrogens is 2. The Morgan fingerprint density at radius 3 is 2.61 bits per heavy atom. The number of benzene rings is 1. The number of aryl methyl sites for hydroxylation is 2. The Morgan fingerprint density at radius 1 is 1.18 bits per heavy atom. The molecule has 7 nitrogen and oxygen atoms in total. The van der Waals surface area contributed by atoms with Crippen molar-refractivity contribution in [2.24, 2.45) is 0 Å². The summed E-state index contributed by atoms with van der Waals surface area (Å²) in [7, 11) is -3.02. The molecule has 0 N–H and O–H groups in total. The monoisotopic (exact) mass is 421 g/mol. The van der Waals surface area contributed by atoms with Crippen molar-refractivity contribution in [1.29, 1.82) is 0 Å². The second-order valence-corrected chi connectivity index (χ2v) is 10.7. The van der Waals surface area contributed by atoms with Crippen LogP contribution in [0.25, 0.3) is 11.5 Å². The zero-order valence-corrected chi connectivity index (χ0v) is 17.6. The molecule has 2 heterocycles. The van der Waals surface area contributed by atoms with E-state index in [1.165, 1.54) is 17.3 Å². The third-order valence-corrected chi connectivity index (χ3v) is 7.86. The van der Waals surface area contributed by atoms with Gasteiger partial charge in [0.25, 0.3) is 5.22 Å². The van der Waals surface area contributed by atoms with Crippen LogP contribution in [-0.2, 0) is 14.6 Å². The number of nitrogens with zero attached hydrogens (tertiary/aromatic N) is 3. The van der Waals surface area contributed by atoms with E-state index < -0.39 is 9.84 Å². The van der Waals surface area contributed by atoms with Crippen LogP contribution < -0.4 is 0 Å². The van der Waals surface area contributed by atoms with E-state index in [0.717, 1.165) is 24.0 Å². The molecule has 1 aromatic carbocycles. The van der Waals surface area contributed by atoms with E-state index in [0.29, 0.717) is 17.5 Å². The van der Waals surface area contributed by atoms with E-state index in [1.54, 1.807) is 4.90 Å². The van der Waals surface area contributed by atoms with Crippen LogP contribution >= 0.6 is 11.8 Å². The summed E-state index contributed by atoms with van der Waals surface area (Å²) in [6, 6.07) is 5.93. The van der Waals surface area contributed by atoms with Crippen LogP contribution in [-0.4, -0.2) is 58.8 Å². The average Bonchev–Trinajstić information content (AvgIpc) is 3.24. The van der Waals surface area contributed by atoms with Crippen molar-refractivity contribution in [3.63, 3.8) is 0 Å². The van der Waals surface area contributed by atoms with Crippen molar-refractivity contribution in [2.75, 3.05) is 17.3 Å². The van der Waals surface area contributed by atoms with E-state index in [-0.39, 0.29) is 35.2 Å². The van der Waals surface area contributed by atoms with Crippen molar-refractivity contribution in [1.82, 2.24) is 15.1 Å². The Labute approximate surface area is 168 Å². The molecule has 0 spiro atoms. The van der Waals surface area contributed by atoms with Gasteiger partial charge in [0.2, 0.25) is 11.8 Å². The highest BCUT2D eigenvalue weighted by Crippen LogP contribution is 2.33. The smallest absolute Gasteiger partial charge is 0.277 e. The van der Waals surface area contributed by atoms with Crippen LogP contribution in [0, 0.1) is 13.8 Å². The molecule has 1 amide bonds. The van der Waals surface area contributed by atoms with Gasteiger partial charge in [0, 0.05) is 17.6 Å². The summed E-state index contributed by atoms with van der Waals surface area (Å²) < 4.78 is 29.3. The van der Waals surface area contributed by atoms with Gasteiger partial charge in [-0.15, -0.1) is 10.2 Å². The molecule has 9 heteroatoms. The van der Waals surface area contributed by atoms with Crippen molar-refractivity contribution in [2.45, 2.75) is 50.4 Å². The largest absolute Gasteiger partial charge is 0.411 e. The van der Waals surface area contributed by atoms with Crippen LogP contribution in [0.1, 0.15) is 30.4 Å². The SMILES string of the molecule is Cc1ccc(-c2nnc(SCC(=O)N(C3CC3)C3CCS(=O)(=O)C3)o2)cc1C. The molecule has 4 rings (SSSR count). The van der Waals surface area contributed by atoms with Gasteiger partial charge < -0.3 is 9.32 Å². The highest BCUT2D eigenvalue weighted by molar-refractivity contribution is 7.99. The summed E-state index contributed by atoms with van der Waals surface area (Å²) >= 11 is 1.20. The van der Waals surface area contributed by atoms with Crippen LogP contribution in [0.4, 0.5) is 0 Å². The lowest BCUT2D eigenvalue weighted by Crippen LogP contribution is -2.43. The Hall–Kier alpha value is -1.87. The summed E-state index contributed by atoms with van der Waals surface area (Å²) in [4.78, 5) is 14.6. The minimum atomic E-state index is -3.02. The van der Waals surface area contributed by atoms with Gasteiger partial charge in [-0.3, -0.25) is 4.79 Å². The summed E-state index contributed by atoms with van der Waals surface area (Å²) in [6.45, 7) is 4.07. The zero-order valence-electron chi connectivity index (χ0n) is 15.9. The first-order valence-corrected chi connectivity index (χ1v) is 12.2. The van der Waals surface area contributed by atoms with Crippen molar-refractivity contribution in [3.8, 4) is 11.5 Å². The fourth-order valence-corrected chi connectivity index (χ4v) is 5.85. The standard InChI is InChI=1S/C19H23N3O4S2/c1-12-3-4-14(9-13(12)2)18-20-21-19(26-18)27-10-17(23)22(15-5-6-15)16-7-8-28(24,25)11-16/h3-4,9,15-16H,5-8,10-11H2,1-2H3. The molecule has 28 heavy (non-hydrogen) atoms. The molecule has 0 bridgehead atoms. The molecule has 1 aliphatic carbocycles. The first-order valence-electron chi connectivity index (χ1n) is 9.38. The van der Waals surface area contributed by atoms with Crippen LogP contribution in [0.3, 0.4) is 0 Å². The maximum atomic E-state index is 12.8. The molecule has 1 saturated carbocycles. The molecule has 1 saturated heterocycles. The molecule has 1 unspecified atom stereocenters. The first kappa shape index (κ1) is 19.4. The quantitative estimate of drug-likeness (QED) is 0.662. The highest BCUT2D eigenvalue weighted by Gasteiger charge is 2.42. The van der Waals surface area contributed by atoms with Gasteiger partial charge in [-0.25, -0.2) is 8.42 Å². The molecule has 2 fully saturated rings. The fraction of sp³-hybridized carbons (Fsp3) is 0.526. The number of carbonyl (C=O) groups excluding carboxylic acids is 1. The third-order valence-electron chi connectivity index (χ3n) is 5.31. The maximum absolute atomic E-state index is 12.8. The van der Waals surface area contributed by atoms with Gasteiger partial charge in [-0.05, 0) is 56.4 Å². The maximum Gasteiger partial charge on any atom is 0.277 e. The van der Waals surface area contributed by atoms with Crippen LogP contribution in [0.5, 0.6) is 0 Å². The number of amides is 1. The normalized spacial score (nSPS) is 21.0. The van der Waals surface area contributed by atoms with Gasteiger partial charge >= 0.3 is 0 Å². The van der Waals surface area contributed by atoms with E-state index in [1.807, 2.05) is 32.0 Å². The van der Waals surface area contributed by atoms with E-state index in [9.17, 15) is 13.2 Å². The lowest BCUT2D eigenvalue weighted by atomic mass is 10.1. The van der Waals surface area contributed by atoms with E-state index in [4.69, 9.17) is 4.42 Å². The third kappa shape index (κ3) is 4.25. The van der Waals surface area contributed by atoms with Crippen LogP contribution in [0.2, 0.25) is 0 Å². The Morgan fingerprint density at radius 2 is 1.96 bits per heavy atom. The van der Waals surface area contributed by atoms with E-state index in [2.05, 4.69) is 10.2 Å². The van der Waals surface area contributed by atoms with Gasteiger partial charge in [0.05, 0.1) is 17.3 Å². The molecule has 1 atom stereocenters. The predicted octanol–water partition coefficient (Wildman–Crippen LogP) is 2.62. The Balaban J connectivity index is 1.40. The van der Waals surface area contributed by atoms with E-state index >= 15 is 0 Å². The number of hydrogen-bond acceptors (Lipinski definition) is 7. The predicted molar refractivity (Wildman–Crippen MR) is 107 cm³/mol. The summed E-state index contributed by atoms with van der Waals surface area (Å²) in [5.41, 5.74) is 3.19. The molecule has 150 valence electrons. The molecular weight excluding hydrogens is 398 g/mol. The zero-order chi connectivity index (χ0) is 19.9. The molecule has 1 aliphatic heterocycles. The van der Waals surface area contributed by atoms with Crippen LogP contribution in [0.15, 0.2) is 27.8 Å². The lowest BCUT2D eigenvalue weighted by molar-refractivity contribution is -0.130. The molecule has 0 radical (unpaired) electrons. The minimum Gasteiger partial charge on any atom is -0.411 e. The molecule has 2 aromatic rings. The molecule has 2 aliphatic rings. The Bertz CT molecular complexity index is 998. The second kappa shape index (κ2) is 7.51. The minimum absolute atomic E-state index is 0.0551. The fourth-order valence-electron chi connectivity index (χ4n) is 3.51. The van der Waals surface area contributed by atoms with Gasteiger partial charge in [0.15, 0.2) is 9.84 Å². The number of hydrogen-bond donors (Lipinski definition) is 0. The van der Waals surface area contributed by atoms with Gasteiger partial charge in [0.1, 0.15) is 0 Å². The first-order chi connectivity index (χ1) is 13.3. The average molecular weight is 422 g/mol. The summed E-state index contributed by atoms with van der Waals surface area (Å²) in [5, 5.41) is 8.46.